The lowest BCUT2D eigenvalue weighted by molar-refractivity contribution is 0.0930. The Kier molecular flexibility index (Phi) is 4.08. The molecule has 0 aliphatic carbocycles. The van der Waals surface area contributed by atoms with Gasteiger partial charge in [-0.3, -0.25) is 9.48 Å². The summed E-state index contributed by atoms with van der Waals surface area (Å²) in [6, 6.07) is 9.74. The fourth-order valence-electron chi connectivity index (χ4n) is 2.15. The Bertz CT molecular complexity index is 604. The van der Waals surface area contributed by atoms with Gasteiger partial charge in [0.1, 0.15) is 5.69 Å². The Morgan fingerprint density at radius 3 is 2.65 bits per heavy atom. The molecular weight excluding hydrogens is 252 g/mol. The molecule has 1 unspecified atom stereocenters. The van der Waals surface area contributed by atoms with Crippen LogP contribution in [0.25, 0.3) is 0 Å². The molecule has 3 N–H and O–H groups in total. The van der Waals surface area contributed by atoms with Crippen molar-refractivity contribution in [2.45, 2.75) is 33.4 Å². The molecule has 1 aromatic carbocycles. The van der Waals surface area contributed by atoms with Crippen LogP contribution in [0, 0.1) is 6.92 Å². The van der Waals surface area contributed by atoms with E-state index < -0.39 is 0 Å². The van der Waals surface area contributed by atoms with Crippen LogP contribution >= 0.6 is 0 Å². The average molecular weight is 272 g/mol. The smallest absolute Gasteiger partial charge is 0.272 e. The van der Waals surface area contributed by atoms with Gasteiger partial charge in [0.05, 0.1) is 17.4 Å². The third-order valence-electron chi connectivity index (χ3n) is 3.34. The summed E-state index contributed by atoms with van der Waals surface area (Å²) in [7, 11) is 0. The Morgan fingerprint density at radius 1 is 1.40 bits per heavy atom. The van der Waals surface area contributed by atoms with Crippen molar-refractivity contribution in [3.8, 4) is 0 Å². The number of nitrogens with zero attached hydrogens (tertiary/aromatic N) is 2. The number of amides is 1. The average Bonchev–Trinajstić information content (AvgIpc) is 2.75. The van der Waals surface area contributed by atoms with Crippen molar-refractivity contribution in [2.24, 2.45) is 0 Å². The van der Waals surface area contributed by atoms with Crippen LogP contribution < -0.4 is 11.1 Å². The predicted molar refractivity (Wildman–Crippen MR) is 79.4 cm³/mol. The van der Waals surface area contributed by atoms with Crippen LogP contribution in [-0.4, -0.2) is 15.7 Å². The molecule has 0 radical (unpaired) electrons. The maximum absolute atomic E-state index is 12.4. The zero-order chi connectivity index (χ0) is 14.7. The topological polar surface area (TPSA) is 72.9 Å². The summed E-state index contributed by atoms with van der Waals surface area (Å²) in [6.07, 6.45) is 0. The maximum Gasteiger partial charge on any atom is 0.272 e. The monoisotopic (exact) mass is 272 g/mol. The van der Waals surface area contributed by atoms with Crippen LogP contribution in [0.4, 0.5) is 5.69 Å². The normalized spacial score (nSPS) is 12.2. The van der Waals surface area contributed by atoms with Gasteiger partial charge in [-0.25, -0.2) is 0 Å². The fraction of sp³-hybridized carbons (Fsp3) is 0.333. The third kappa shape index (κ3) is 2.66. The first-order valence-corrected chi connectivity index (χ1v) is 6.73. The summed E-state index contributed by atoms with van der Waals surface area (Å²) in [4.78, 5) is 12.4. The van der Waals surface area contributed by atoms with Gasteiger partial charge in [-0.15, -0.1) is 0 Å². The summed E-state index contributed by atoms with van der Waals surface area (Å²) in [6.45, 7) is 6.30. The van der Waals surface area contributed by atoms with E-state index in [0.29, 0.717) is 23.6 Å². The first kappa shape index (κ1) is 14.1. The van der Waals surface area contributed by atoms with Gasteiger partial charge >= 0.3 is 0 Å². The van der Waals surface area contributed by atoms with Crippen molar-refractivity contribution >= 4 is 11.6 Å². The molecule has 2 aromatic rings. The SMILES string of the molecule is CCn1nc(C)c(N)c1C(=O)NC(C)c1ccccc1. The van der Waals surface area contributed by atoms with Gasteiger partial charge in [0.15, 0.2) is 0 Å². The van der Waals surface area contributed by atoms with Crippen molar-refractivity contribution in [1.82, 2.24) is 15.1 Å². The molecule has 1 aromatic heterocycles. The van der Waals surface area contributed by atoms with Crippen molar-refractivity contribution < 1.29 is 4.79 Å². The summed E-state index contributed by atoms with van der Waals surface area (Å²) in [5.74, 6) is -0.193. The molecule has 0 aliphatic rings. The van der Waals surface area contributed by atoms with Crippen LogP contribution in [0.1, 0.15) is 41.6 Å². The van der Waals surface area contributed by atoms with Crippen molar-refractivity contribution in [1.29, 1.82) is 0 Å². The second kappa shape index (κ2) is 5.77. The van der Waals surface area contributed by atoms with E-state index in [1.54, 1.807) is 11.6 Å². The molecule has 1 atom stereocenters. The second-order valence-corrected chi connectivity index (χ2v) is 4.77. The number of nitrogen functional groups attached to an aromatic ring is 1. The van der Waals surface area contributed by atoms with Gasteiger partial charge in [0, 0.05) is 6.54 Å². The molecule has 2 rings (SSSR count). The van der Waals surface area contributed by atoms with Crippen LogP contribution in [0.3, 0.4) is 0 Å². The molecule has 0 saturated carbocycles. The number of nitrogens with one attached hydrogen (secondary N) is 1. The lowest BCUT2D eigenvalue weighted by atomic mass is 10.1. The number of nitrogens with two attached hydrogens (primary N) is 1. The molecule has 106 valence electrons. The van der Waals surface area contributed by atoms with E-state index in [9.17, 15) is 4.79 Å². The van der Waals surface area contributed by atoms with E-state index in [0.717, 1.165) is 5.56 Å². The summed E-state index contributed by atoms with van der Waals surface area (Å²) < 4.78 is 1.64. The highest BCUT2D eigenvalue weighted by atomic mass is 16.2. The van der Waals surface area contributed by atoms with Crippen LogP contribution in [0.2, 0.25) is 0 Å². The van der Waals surface area contributed by atoms with Gasteiger partial charge in [0.25, 0.3) is 5.91 Å². The Labute approximate surface area is 118 Å². The molecule has 1 amide bonds. The first-order valence-electron chi connectivity index (χ1n) is 6.73. The van der Waals surface area contributed by atoms with E-state index in [2.05, 4.69) is 10.4 Å². The zero-order valence-electron chi connectivity index (χ0n) is 12.1. The molecule has 0 aliphatic heterocycles. The van der Waals surface area contributed by atoms with E-state index in [1.807, 2.05) is 44.2 Å². The molecule has 0 fully saturated rings. The number of anilines is 1. The minimum atomic E-state index is -0.193. The van der Waals surface area contributed by atoms with Gasteiger partial charge in [-0.1, -0.05) is 30.3 Å². The van der Waals surface area contributed by atoms with Gasteiger partial charge in [-0.05, 0) is 26.3 Å². The number of aryl methyl sites for hydroxylation is 2. The predicted octanol–water partition coefficient (Wildman–Crippen LogP) is 2.28. The van der Waals surface area contributed by atoms with Gasteiger partial charge in [-0.2, -0.15) is 5.10 Å². The summed E-state index contributed by atoms with van der Waals surface area (Å²) >= 11 is 0. The van der Waals surface area contributed by atoms with Gasteiger partial charge < -0.3 is 11.1 Å². The van der Waals surface area contributed by atoms with Crippen LogP contribution in [0.5, 0.6) is 0 Å². The van der Waals surface area contributed by atoms with Crippen LogP contribution in [-0.2, 0) is 6.54 Å². The zero-order valence-corrected chi connectivity index (χ0v) is 12.1. The molecule has 0 bridgehead atoms. The number of rotatable bonds is 4. The number of carbonyl (C=O) groups excluding carboxylic acids is 1. The minimum Gasteiger partial charge on any atom is -0.395 e. The van der Waals surface area contributed by atoms with E-state index in [-0.39, 0.29) is 11.9 Å². The molecule has 5 heteroatoms. The number of hydrogen-bond acceptors (Lipinski definition) is 3. The Morgan fingerprint density at radius 2 is 2.05 bits per heavy atom. The molecule has 0 spiro atoms. The highest BCUT2D eigenvalue weighted by molar-refractivity contribution is 5.98. The summed E-state index contributed by atoms with van der Waals surface area (Å²) in [5, 5.41) is 7.22. The van der Waals surface area contributed by atoms with Crippen molar-refractivity contribution in [2.75, 3.05) is 5.73 Å². The van der Waals surface area contributed by atoms with Gasteiger partial charge in [0.2, 0.25) is 0 Å². The third-order valence-corrected chi connectivity index (χ3v) is 3.34. The number of aromatic nitrogens is 2. The highest BCUT2D eigenvalue weighted by Gasteiger charge is 2.20. The largest absolute Gasteiger partial charge is 0.395 e. The molecule has 1 heterocycles. The number of benzene rings is 1. The van der Waals surface area contributed by atoms with E-state index in [1.165, 1.54) is 0 Å². The van der Waals surface area contributed by atoms with E-state index >= 15 is 0 Å². The fourth-order valence-corrected chi connectivity index (χ4v) is 2.15. The number of carbonyl (C=O) groups is 1. The number of hydrogen-bond donors (Lipinski definition) is 2. The standard InChI is InChI=1S/C15H20N4O/c1-4-19-14(13(16)11(3)18-19)15(20)17-10(2)12-8-6-5-7-9-12/h5-10H,4,16H2,1-3H3,(H,17,20). The summed E-state index contributed by atoms with van der Waals surface area (Å²) in [5.41, 5.74) is 8.58. The molecule has 5 nitrogen and oxygen atoms in total. The molecular formula is C15H20N4O. The Hall–Kier alpha value is -2.30. The lowest BCUT2D eigenvalue weighted by Gasteiger charge is -2.15. The van der Waals surface area contributed by atoms with Crippen molar-refractivity contribution in [3.05, 3.63) is 47.3 Å². The molecule has 20 heavy (non-hydrogen) atoms. The highest BCUT2D eigenvalue weighted by Crippen LogP contribution is 2.18. The Balaban J connectivity index is 2.21. The quantitative estimate of drug-likeness (QED) is 0.896. The minimum absolute atomic E-state index is 0.0800. The van der Waals surface area contributed by atoms with Crippen LogP contribution in [0.15, 0.2) is 30.3 Å². The second-order valence-electron chi connectivity index (χ2n) is 4.77. The van der Waals surface area contributed by atoms with E-state index in [4.69, 9.17) is 5.73 Å². The van der Waals surface area contributed by atoms with Crippen molar-refractivity contribution in [3.63, 3.8) is 0 Å². The maximum atomic E-state index is 12.4. The lowest BCUT2D eigenvalue weighted by Crippen LogP contribution is -2.29. The first-order chi connectivity index (χ1) is 9.54. The molecule has 0 saturated heterocycles.